The van der Waals surface area contributed by atoms with Crippen molar-refractivity contribution in [3.05, 3.63) is 23.8 Å². The Bertz CT molecular complexity index is 325. The number of carbonyl (C=O) groups excluding carboxylic acids is 1. The number of hydrogen-bond donors (Lipinski definition) is 3. The fourth-order valence-corrected chi connectivity index (χ4v) is 0.908. The van der Waals surface area contributed by atoms with E-state index in [9.17, 15) is 9.90 Å². The molecule has 0 spiro atoms. The van der Waals surface area contributed by atoms with Crippen LogP contribution in [0, 0.1) is 0 Å². The number of methoxy groups -OCH3 is 1. The molecule has 5 heteroatoms. The molecule has 1 amide bonds. The van der Waals surface area contributed by atoms with Crippen molar-refractivity contribution in [2.75, 3.05) is 7.11 Å². The number of aromatic hydroxyl groups is 1. The Morgan fingerprint density at radius 3 is 2.77 bits per heavy atom. The van der Waals surface area contributed by atoms with Gasteiger partial charge in [-0.1, -0.05) is 0 Å². The molecule has 0 aliphatic carbocycles. The largest absolute Gasteiger partial charge is 0.507 e. The molecular weight excluding hydrogens is 172 g/mol. The minimum Gasteiger partial charge on any atom is -0.507 e. The van der Waals surface area contributed by atoms with Crippen LogP contribution in [0.15, 0.2) is 18.2 Å². The molecule has 1 aromatic carbocycles. The van der Waals surface area contributed by atoms with Crippen LogP contribution in [0.5, 0.6) is 11.5 Å². The molecule has 4 N–H and O–H groups in total. The molecule has 1 aromatic rings. The number of benzene rings is 1. The third-order valence-corrected chi connectivity index (χ3v) is 1.58. The quantitative estimate of drug-likeness (QED) is 0.341. The Labute approximate surface area is 75.1 Å². The van der Waals surface area contributed by atoms with Gasteiger partial charge >= 0.3 is 0 Å². The summed E-state index contributed by atoms with van der Waals surface area (Å²) in [7, 11) is 1.47. The van der Waals surface area contributed by atoms with Gasteiger partial charge in [-0.3, -0.25) is 10.2 Å². The van der Waals surface area contributed by atoms with E-state index in [4.69, 9.17) is 10.6 Å². The number of amides is 1. The fraction of sp³-hybridized carbons (Fsp3) is 0.125. The first-order chi connectivity index (χ1) is 6.19. The van der Waals surface area contributed by atoms with Crippen molar-refractivity contribution < 1.29 is 14.6 Å². The first-order valence-electron chi connectivity index (χ1n) is 3.57. The molecule has 0 aromatic heterocycles. The normalized spacial score (nSPS) is 9.38. The lowest BCUT2D eigenvalue weighted by molar-refractivity contribution is 0.0951. The zero-order chi connectivity index (χ0) is 9.84. The highest BCUT2D eigenvalue weighted by Crippen LogP contribution is 2.22. The topological polar surface area (TPSA) is 84.6 Å². The average Bonchev–Trinajstić information content (AvgIpc) is 2.16. The highest BCUT2D eigenvalue weighted by atomic mass is 16.5. The smallest absolute Gasteiger partial charge is 0.268 e. The molecule has 0 radical (unpaired) electrons. The van der Waals surface area contributed by atoms with Gasteiger partial charge in [-0.05, 0) is 12.1 Å². The molecule has 0 saturated heterocycles. The average molecular weight is 182 g/mol. The van der Waals surface area contributed by atoms with Crippen molar-refractivity contribution in [2.24, 2.45) is 5.84 Å². The van der Waals surface area contributed by atoms with Crippen molar-refractivity contribution in [3.8, 4) is 11.5 Å². The highest BCUT2D eigenvalue weighted by Gasteiger charge is 2.09. The molecule has 0 bridgehead atoms. The van der Waals surface area contributed by atoms with E-state index in [0.717, 1.165) is 0 Å². The van der Waals surface area contributed by atoms with Gasteiger partial charge < -0.3 is 9.84 Å². The summed E-state index contributed by atoms with van der Waals surface area (Å²) in [5.74, 6) is 4.67. The second-order valence-corrected chi connectivity index (χ2v) is 2.36. The van der Waals surface area contributed by atoms with Crippen molar-refractivity contribution >= 4 is 5.91 Å². The zero-order valence-electron chi connectivity index (χ0n) is 7.07. The number of nitrogen functional groups attached to an aromatic ring is 1. The highest BCUT2D eigenvalue weighted by molar-refractivity contribution is 5.96. The third kappa shape index (κ3) is 1.88. The van der Waals surface area contributed by atoms with Crippen LogP contribution in [0.2, 0.25) is 0 Å². The second-order valence-electron chi connectivity index (χ2n) is 2.36. The van der Waals surface area contributed by atoms with Crippen LogP contribution >= 0.6 is 0 Å². The predicted molar refractivity (Wildman–Crippen MR) is 46.3 cm³/mol. The standard InChI is InChI=1S/C8H10N2O3/c1-13-5-2-3-6(7(11)4-5)8(12)10-9/h2-4,11H,9H2,1H3,(H,10,12). The van der Waals surface area contributed by atoms with Crippen molar-refractivity contribution in [3.63, 3.8) is 0 Å². The van der Waals surface area contributed by atoms with E-state index in [1.807, 2.05) is 5.43 Å². The summed E-state index contributed by atoms with van der Waals surface area (Å²) in [6, 6.07) is 4.32. The van der Waals surface area contributed by atoms with Crippen LogP contribution < -0.4 is 16.0 Å². The van der Waals surface area contributed by atoms with Gasteiger partial charge in [0.05, 0.1) is 12.7 Å². The van der Waals surface area contributed by atoms with E-state index in [1.165, 1.54) is 19.2 Å². The SMILES string of the molecule is COc1ccc(C(=O)NN)c(O)c1. The number of nitrogens with two attached hydrogens (primary N) is 1. The van der Waals surface area contributed by atoms with Crippen LogP contribution in [-0.2, 0) is 0 Å². The van der Waals surface area contributed by atoms with Crippen molar-refractivity contribution in [2.45, 2.75) is 0 Å². The van der Waals surface area contributed by atoms with Crippen LogP contribution in [-0.4, -0.2) is 18.1 Å². The summed E-state index contributed by atoms with van der Waals surface area (Å²) in [6.07, 6.45) is 0. The first-order valence-corrected chi connectivity index (χ1v) is 3.57. The minimum atomic E-state index is -0.542. The van der Waals surface area contributed by atoms with E-state index in [-0.39, 0.29) is 11.3 Å². The molecule has 70 valence electrons. The maximum Gasteiger partial charge on any atom is 0.268 e. The second kappa shape index (κ2) is 3.77. The summed E-state index contributed by atoms with van der Waals surface area (Å²) in [5.41, 5.74) is 2.03. The summed E-state index contributed by atoms with van der Waals surface area (Å²) in [5, 5.41) is 9.33. The summed E-state index contributed by atoms with van der Waals surface area (Å²) in [4.78, 5) is 11.0. The molecule has 1 rings (SSSR count). The van der Waals surface area contributed by atoms with Gasteiger partial charge in [0.15, 0.2) is 0 Å². The summed E-state index contributed by atoms with van der Waals surface area (Å²) < 4.78 is 4.84. The number of phenolic OH excluding ortho intramolecular Hbond substituents is 1. The van der Waals surface area contributed by atoms with Gasteiger partial charge in [-0.2, -0.15) is 0 Å². The van der Waals surface area contributed by atoms with Crippen molar-refractivity contribution in [1.82, 2.24) is 5.43 Å². The molecule has 13 heavy (non-hydrogen) atoms. The van der Waals surface area contributed by atoms with Gasteiger partial charge in [0, 0.05) is 6.07 Å². The first kappa shape index (κ1) is 9.34. The monoisotopic (exact) mass is 182 g/mol. The number of carbonyl (C=O) groups is 1. The van der Waals surface area contributed by atoms with E-state index < -0.39 is 5.91 Å². The Morgan fingerprint density at radius 1 is 1.62 bits per heavy atom. The Balaban J connectivity index is 3.05. The van der Waals surface area contributed by atoms with E-state index in [0.29, 0.717) is 5.75 Å². The van der Waals surface area contributed by atoms with Crippen LogP contribution in [0.3, 0.4) is 0 Å². The van der Waals surface area contributed by atoms with Gasteiger partial charge in [-0.25, -0.2) is 5.84 Å². The molecule has 5 nitrogen and oxygen atoms in total. The molecule has 0 fully saturated rings. The van der Waals surface area contributed by atoms with Crippen LogP contribution in [0.4, 0.5) is 0 Å². The van der Waals surface area contributed by atoms with Gasteiger partial charge in [0.2, 0.25) is 0 Å². The van der Waals surface area contributed by atoms with Crippen LogP contribution in [0.1, 0.15) is 10.4 Å². The number of nitrogens with one attached hydrogen (secondary N) is 1. The van der Waals surface area contributed by atoms with Crippen LogP contribution in [0.25, 0.3) is 0 Å². The lowest BCUT2D eigenvalue weighted by Gasteiger charge is -2.04. The van der Waals surface area contributed by atoms with E-state index >= 15 is 0 Å². The molecule has 0 heterocycles. The molecule has 0 aliphatic heterocycles. The fourth-order valence-electron chi connectivity index (χ4n) is 0.908. The minimum absolute atomic E-state index is 0.114. The predicted octanol–water partition coefficient (Wildman–Crippen LogP) is 0.00430. The molecule has 0 saturated carbocycles. The molecule has 0 unspecified atom stereocenters. The number of ether oxygens (including phenoxy) is 1. The molecule has 0 aliphatic rings. The Kier molecular flexibility index (Phi) is 2.71. The summed E-state index contributed by atoms with van der Waals surface area (Å²) in [6.45, 7) is 0. The lowest BCUT2D eigenvalue weighted by atomic mass is 10.2. The maximum absolute atomic E-state index is 11.0. The van der Waals surface area contributed by atoms with Gasteiger partial charge in [0.1, 0.15) is 11.5 Å². The Morgan fingerprint density at radius 2 is 2.31 bits per heavy atom. The Hall–Kier alpha value is -1.75. The number of phenols is 1. The maximum atomic E-state index is 11.0. The third-order valence-electron chi connectivity index (χ3n) is 1.58. The molecule has 0 atom stereocenters. The lowest BCUT2D eigenvalue weighted by Crippen LogP contribution is -2.29. The number of rotatable bonds is 2. The van der Waals surface area contributed by atoms with Gasteiger partial charge in [-0.15, -0.1) is 0 Å². The molecular formula is C8H10N2O3. The van der Waals surface area contributed by atoms with Crippen molar-refractivity contribution in [1.29, 1.82) is 0 Å². The van der Waals surface area contributed by atoms with Gasteiger partial charge in [0.25, 0.3) is 5.91 Å². The van der Waals surface area contributed by atoms with E-state index in [2.05, 4.69) is 0 Å². The number of hydrogen-bond acceptors (Lipinski definition) is 4. The number of hydrazine groups is 1. The summed E-state index contributed by atoms with van der Waals surface area (Å²) >= 11 is 0. The zero-order valence-corrected chi connectivity index (χ0v) is 7.07. The van der Waals surface area contributed by atoms with E-state index in [1.54, 1.807) is 6.07 Å².